The quantitative estimate of drug-likeness (QED) is 0.494. The molecular formula is C23H25N3O3. The summed E-state index contributed by atoms with van der Waals surface area (Å²) in [5.41, 5.74) is 3.07. The van der Waals surface area contributed by atoms with E-state index in [0.717, 1.165) is 27.8 Å². The van der Waals surface area contributed by atoms with Gasteiger partial charge in [0.15, 0.2) is 0 Å². The van der Waals surface area contributed by atoms with Crippen LogP contribution in [0.15, 0.2) is 54.7 Å². The van der Waals surface area contributed by atoms with Gasteiger partial charge in [-0.15, -0.1) is 0 Å². The van der Waals surface area contributed by atoms with Crippen molar-refractivity contribution in [1.29, 1.82) is 0 Å². The zero-order valence-electron chi connectivity index (χ0n) is 16.7. The Morgan fingerprint density at radius 1 is 1.10 bits per heavy atom. The van der Waals surface area contributed by atoms with Gasteiger partial charge in [0.1, 0.15) is 5.54 Å². The lowest BCUT2D eigenvalue weighted by atomic mass is 9.98. The topological polar surface area (TPSA) is 74.4 Å². The molecule has 6 heteroatoms. The molecule has 4 rings (SSSR count). The second-order valence-electron chi connectivity index (χ2n) is 7.83. The van der Waals surface area contributed by atoms with E-state index >= 15 is 0 Å². The number of esters is 1. The van der Waals surface area contributed by atoms with Gasteiger partial charge in [-0.2, -0.15) is 0 Å². The summed E-state index contributed by atoms with van der Waals surface area (Å²) in [5.74, 6) is -0.247. The molecule has 0 aliphatic carbocycles. The van der Waals surface area contributed by atoms with Gasteiger partial charge in [0.25, 0.3) is 5.91 Å². The molecule has 2 aromatic carbocycles. The van der Waals surface area contributed by atoms with E-state index in [0.29, 0.717) is 13.0 Å². The van der Waals surface area contributed by atoms with Gasteiger partial charge in [0.05, 0.1) is 24.4 Å². The highest BCUT2D eigenvalue weighted by molar-refractivity contribution is 6.07. The van der Waals surface area contributed by atoms with E-state index in [-0.39, 0.29) is 24.9 Å². The Bertz CT molecular complexity index is 1050. The van der Waals surface area contributed by atoms with Crippen LogP contribution in [0.4, 0.5) is 11.4 Å². The van der Waals surface area contributed by atoms with E-state index in [9.17, 15) is 9.59 Å². The van der Waals surface area contributed by atoms with Crippen molar-refractivity contribution in [2.75, 3.05) is 23.4 Å². The van der Waals surface area contributed by atoms with Gasteiger partial charge < -0.3 is 19.9 Å². The van der Waals surface area contributed by atoms with Crippen LogP contribution in [0.2, 0.25) is 0 Å². The molecule has 1 aliphatic rings. The van der Waals surface area contributed by atoms with Gasteiger partial charge in [0, 0.05) is 23.6 Å². The van der Waals surface area contributed by atoms with Crippen LogP contribution in [-0.4, -0.2) is 35.6 Å². The summed E-state index contributed by atoms with van der Waals surface area (Å²) in [6, 6.07) is 15.6. The van der Waals surface area contributed by atoms with E-state index < -0.39 is 5.54 Å². The van der Waals surface area contributed by atoms with Crippen LogP contribution in [0, 0.1) is 0 Å². The molecule has 6 nitrogen and oxygen atoms in total. The standard InChI is InChI=1S/C23H25N3O3/c1-23(2)22(28)26(20-11-6-5-10-19(20)25-23)12-7-13-29-21(27)14-16-15-24-18-9-4-3-8-17(16)18/h3-6,8-11,15,24-25H,7,12-14H2,1-2H3. The first-order valence-corrected chi connectivity index (χ1v) is 9.85. The molecule has 0 atom stereocenters. The Morgan fingerprint density at radius 3 is 2.72 bits per heavy atom. The molecule has 3 aromatic rings. The molecule has 2 N–H and O–H groups in total. The number of carbonyl (C=O) groups is 2. The third kappa shape index (κ3) is 3.83. The number of hydrogen-bond donors (Lipinski definition) is 2. The summed E-state index contributed by atoms with van der Waals surface area (Å²) in [6.45, 7) is 4.53. The number of hydrogen-bond acceptors (Lipinski definition) is 4. The van der Waals surface area contributed by atoms with Gasteiger partial charge in [-0.05, 0) is 44.0 Å². The number of carbonyl (C=O) groups excluding carboxylic acids is 2. The molecule has 1 aliphatic heterocycles. The number of aromatic amines is 1. The van der Waals surface area contributed by atoms with Crippen molar-refractivity contribution in [2.45, 2.75) is 32.2 Å². The van der Waals surface area contributed by atoms with E-state index in [1.54, 1.807) is 4.90 Å². The van der Waals surface area contributed by atoms with E-state index in [1.807, 2.05) is 68.6 Å². The van der Waals surface area contributed by atoms with Crippen LogP contribution in [0.25, 0.3) is 10.9 Å². The van der Waals surface area contributed by atoms with Gasteiger partial charge >= 0.3 is 5.97 Å². The Kier molecular flexibility index (Phi) is 5.01. The maximum atomic E-state index is 12.8. The van der Waals surface area contributed by atoms with Crippen molar-refractivity contribution >= 4 is 34.2 Å². The number of ether oxygens (including phenoxy) is 1. The van der Waals surface area contributed by atoms with Gasteiger partial charge in [-0.1, -0.05) is 30.3 Å². The molecular weight excluding hydrogens is 366 g/mol. The molecule has 1 amide bonds. The predicted octanol–water partition coefficient (Wildman–Crippen LogP) is 3.88. The number of aromatic nitrogens is 1. The highest BCUT2D eigenvalue weighted by Crippen LogP contribution is 2.35. The van der Waals surface area contributed by atoms with Crippen LogP contribution in [0.1, 0.15) is 25.8 Å². The highest BCUT2D eigenvalue weighted by atomic mass is 16.5. The van der Waals surface area contributed by atoms with Crippen molar-refractivity contribution in [3.05, 3.63) is 60.3 Å². The fourth-order valence-electron chi connectivity index (χ4n) is 3.77. The minimum absolute atomic E-state index is 0.0151. The summed E-state index contributed by atoms with van der Waals surface area (Å²) in [5, 5.41) is 4.32. The number of fused-ring (bicyclic) bond motifs is 2. The number of rotatable bonds is 6. The molecule has 0 saturated heterocycles. The van der Waals surface area contributed by atoms with Gasteiger partial charge in [-0.25, -0.2) is 0 Å². The molecule has 29 heavy (non-hydrogen) atoms. The first-order valence-electron chi connectivity index (χ1n) is 9.85. The number of nitrogens with zero attached hydrogens (tertiary/aromatic N) is 1. The summed E-state index contributed by atoms with van der Waals surface area (Å²) in [4.78, 5) is 30.0. The molecule has 2 heterocycles. The van der Waals surface area contributed by atoms with Crippen molar-refractivity contribution in [3.8, 4) is 0 Å². The third-order valence-electron chi connectivity index (χ3n) is 5.22. The zero-order chi connectivity index (χ0) is 20.4. The molecule has 0 bridgehead atoms. The van der Waals surface area contributed by atoms with Crippen molar-refractivity contribution < 1.29 is 14.3 Å². The van der Waals surface area contributed by atoms with E-state index in [2.05, 4.69) is 10.3 Å². The van der Waals surface area contributed by atoms with Crippen molar-refractivity contribution in [1.82, 2.24) is 4.98 Å². The van der Waals surface area contributed by atoms with Crippen LogP contribution >= 0.6 is 0 Å². The molecule has 0 radical (unpaired) electrons. The molecule has 150 valence electrons. The lowest BCUT2D eigenvalue weighted by Crippen LogP contribution is -2.54. The van der Waals surface area contributed by atoms with Gasteiger partial charge in [0.2, 0.25) is 0 Å². The number of H-pyrrole nitrogens is 1. The Balaban J connectivity index is 1.33. The smallest absolute Gasteiger partial charge is 0.310 e. The summed E-state index contributed by atoms with van der Waals surface area (Å²) >= 11 is 0. The Labute approximate surface area is 169 Å². The fraction of sp³-hybridized carbons (Fsp3) is 0.304. The third-order valence-corrected chi connectivity index (χ3v) is 5.22. The normalized spacial score (nSPS) is 15.1. The lowest BCUT2D eigenvalue weighted by molar-refractivity contribution is -0.142. The number of benzene rings is 2. The Morgan fingerprint density at radius 2 is 1.86 bits per heavy atom. The Hall–Kier alpha value is -3.28. The molecule has 0 unspecified atom stereocenters. The van der Waals surface area contributed by atoms with Crippen LogP contribution in [0.5, 0.6) is 0 Å². The number of para-hydroxylation sites is 3. The van der Waals surface area contributed by atoms with Crippen LogP contribution in [0.3, 0.4) is 0 Å². The van der Waals surface area contributed by atoms with Crippen LogP contribution in [-0.2, 0) is 20.7 Å². The second-order valence-corrected chi connectivity index (χ2v) is 7.83. The first kappa shape index (κ1) is 19.1. The first-order chi connectivity index (χ1) is 14.0. The summed E-state index contributed by atoms with van der Waals surface area (Å²) < 4.78 is 5.42. The molecule has 0 spiro atoms. The second kappa shape index (κ2) is 7.62. The number of nitrogens with one attached hydrogen (secondary N) is 2. The lowest BCUT2D eigenvalue weighted by Gasteiger charge is -2.40. The summed E-state index contributed by atoms with van der Waals surface area (Å²) in [6.07, 6.45) is 2.66. The number of anilines is 2. The van der Waals surface area contributed by atoms with Crippen molar-refractivity contribution in [2.24, 2.45) is 0 Å². The van der Waals surface area contributed by atoms with Crippen molar-refractivity contribution in [3.63, 3.8) is 0 Å². The minimum atomic E-state index is -0.666. The maximum Gasteiger partial charge on any atom is 0.310 e. The molecule has 0 saturated carbocycles. The monoisotopic (exact) mass is 391 g/mol. The predicted molar refractivity (Wildman–Crippen MR) is 114 cm³/mol. The average Bonchev–Trinajstić information content (AvgIpc) is 3.10. The minimum Gasteiger partial charge on any atom is -0.465 e. The van der Waals surface area contributed by atoms with Crippen LogP contribution < -0.4 is 10.2 Å². The SMILES string of the molecule is CC1(C)Nc2ccccc2N(CCCOC(=O)Cc2c[nH]c3ccccc23)C1=O. The highest BCUT2D eigenvalue weighted by Gasteiger charge is 2.38. The van der Waals surface area contributed by atoms with E-state index in [1.165, 1.54) is 0 Å². The molecule has 0 fully saturated rings. The molecule has 1 aromatic heterocycles. The maximum absolute atomic E-state index is 12.8. The van der Waals surface area contributed by atoms with E-state index in [4.69, 9.17) is 4.74 Å². The fourth-order valence-corrected chi connectivity index (χ4v) is 3.77. The largest absolute Gasteiger partial charge is 0.465 e. The van der Waals surface area contributed by atoms with Gasteiger partial charge in [-0.3, -0.25) is 9.59 Å². The average molecular weight is 391 g/mol. The number of amides is 1. The summed E-state index contributed by atoms with van der Waals surface area (Å²) in [7, 11) is 0. The zero-order valence-corrected chi connectivity index (χ0v) is 16.7.